The van der Waals surface area contributed by atoms with Gasteiger partial charge in [-0.05, 0) is 61.8 Å². The van der Waals surface area contributed by atoms with Crippen molar-refractivity contribution in [3.63, 3.8) is 0 Å². The maximum Gasteiger partial charge on any atom is 0.116 e. The van der Waals surface area contributed by atoms with Gasteiger partial charge in [-0.25, -0.2) is 9.97 Å². The fourth-order valence-corrected chi connectivity index (χ4v) is 17.6. The lowest BCUT2D eigenvalue weighted by atomic mass is 10.0. The first-order valence-electron chi connectivity index (χ1n) is 19.0. The van der Waals surface area contributed by atoms with E-state index < -0.39 is 0 Å². The average Bonchev–Trinajstić information content (AvgIpc) is 3.99. The summed E-state index contributed by atoms with van der Waals surface area (Å²) in [6.45, 7) is 13.6. The van der Waals surface area contributed by atoms with Gasteiger partial charge in [-0.1, -0.05) is 41.5 Å². The highest BCUT2D eigenvalue weighted by molar-refractivity contribution is 7.37. The summed E-state index contributed by atoms with van der Waals surface area (Å²) >= 11 is 12.9. The van der Waals surface area contributed by atoms with E-state index in [1.165, 1.54) is 90.9 Å². The van der Waals surface area contributed by atoms with Gasteiger partial charge in [0.15, 0.2) is 0 Å². The highest BCUT2D eigenvalue weighted by atomic mass is 32.1. The van der Waals surface area contributed by atoms with Gasteiger partial charge in [0.1, 0.15) is 22.1 Å². The first-order valence-corrected chi connectivity index (χ1v) is 24.6. The quantitative estimate of drug-likeness (QED) is 0.153. The zero-order valence-corrected chi connectivity index (χ0v) is 37.5. The van der Waals surface area contributed by atoms with Crippen molar-refractivity contribution in [2.75, 3.05) is 0 Å². The van der Waals surface area contributed by atoms with Gasteiger partial charge in [-0.3, -0.25) is 0 Å². The second-order valence-electron chi connectivity index (χ2n) is 15.6. The summed E-state index contributed by atoms with van der Waals surface area (Å²) in [4.78, 5) is 16.3. The van der Waals surface area contributed by atoms with E-state index in [9.17, 15) is 0 Å². The van der Waals surface area contributed by atoms with Gasteiger partial charge >= 0.3 is 0 Å². The summed E-state index contributed by atoms with van der Waals surface area (Å²) < 4.78 is 26.0. The summed E-state index contributed by atoms with van der Waals surface area (Å²) in [5.41, 5.74) is 13.4. The molecule has 0 aliphatic rings. The molecule has 0 N–H and O–H groups in total. The number of nitrogens with zero attached hydrogens (tertiary/aromatic N) is 6. The van der Waals surface area contributed by atoms with Crippen molar-refractivity contribution >= 4 is 161 Å². The topological polar surface area (TPSA) is 61.4 Å². The van der Waals surface area contributed by atoms with Gasteiger partial charge in [0.25, 0.3) is 0 Å². The van der Waals surface area contributed by atoms with Gasteiger partial charge in [-0.2, -0.15) is 8.75 Å². The molecule has 1 aromatic carbocycles. The SMILES string of the molecule is CCc1nc2c(-c3cc4sc5c6sc(CC(C)C)cc6n(C)c5c4s3)c3nsnc3c(-c3cc4sc5c6sc(CC(C)C)cc6n(C)c5c4s3)c2nc1CC. The molecule has 13 heteroatoms. The van der Waals surface area contributed by atoms with Crippen molar-refractivity contribution in [3.8, 4) is 20.9 Å². The predicted molar refractivity (Wildman–Crippen MR) is 247 cm³/mol. The summed E-state index contributed by atoms with van der Waals surface area (Å²) in [6, 6.07) is 9.61. The third-order valence-electron chi connectivity index (χ3n) is 10.9. The van der Waals surface area contributed by atoms with Crippen molar-refractivity contribution in [2.24, 2.45) is 25.9 Å². The molecule has 0 fully saturated rings. The molecule has 6 nitrogen and oxygen atoms in total. The molecule has 11 rings (SSSR count). The van der Waals surface area contributed by atoms with E-state index in [-0.39, 0.29) is 0 Å². The maximum absolute atomic E-state index is 5.49. The molecule has 0 unspecified atom stereocenters. The Labute approximate surface area is 346 Å². The van der Waals surface area contributed by atoms with Gasteiger partial charge in [0, 0.05) is 54.1 Å². The lowest BCUT2D eigenvalue weighted by Crippen LogP contribution is -2.03. The van der Waals surface area contributed by atoms with Gasteiger partial charge in [0.2, 0.25) is 0 Å². The van der Waals surface area contributed by atoms with Crippen LogP contribution in [-0.4, -0.2) is 27.8 Å². The van der Waals surface area contributed by atoms with Gasteiger partial charge in [0.05, 0.1) is 73.4 Å². The summed E-state index contributed by atoms with van der Waals surface area (Å²) in [5, 5.41) is 0. The molecule has 0 atom stereocenters. The Bertz CT molecular complexity index is 3120. The summed E-state index contributed by atoms with van der Waals surface area (Å²) in [5.74, 6) is 1.30. The van der Waals surface area contributed by atoms with Crippen molar-refractivity contribution in [2.45, 2.75) is 67.2 Å². The standard InChI is InChI=1S/C42H38N6S7/c1-9-21-22(10-2)44-32-30(26-16-28-40(52-26)36-42(54-28)38-24(48(36)8)14-20(50-38)12-18(5)6)34-33(45-55-46-34)29(31(32)43-21)25-15-27-39(51-25)35-41(53-27)37-23(47(35)7)13-19(49-37)11-17(3)4/h13-18H,9-12H2,1-8H3. The lowest BCUT2D eigenvalue weighted by molar-refractivity contribution is 0.654. The van der Waals surface area contributed by atoms with Crippen LogP contribution >= 0.6 is 79.7 Å². The Balaban J connectivity index is 1.13. The molecule has 55 heavy (non-hydrogen) atoms. The number of benzene rings is 1. The van der Waals surface area contributed by atoms with E-state index >= 15 is 0 Å². The minimum absolute atomic E-state index is 0.651. The largest absolute Gasteiger partial charge is 0.341 e. The number of thiophene rings is 6. The van der Waals surface area contributed by atoms with Crippen molar-refractivity contribution in [3.05, 3.63) is 45.4 Å². The number of aryl methyl sites for hydroxylation is 4. The van der Waals surface area contributed by atoms with Gasteiger partial charge < -0.3 is 9.13 Å². The number of fused-ring (bicyclic) bond motifs is 12. The summed E-state index contributed by atoms with van der Waals surface area (Å²) in [6.07, 6.45) is 3.93. The van der Waals surface area contributed by atoms with Crippen LogP contribution in [0.15, 0.2) is 24.3 Å². The van der Waals surface area contributed by atoms with Crippen LogP contribution in [0, 0.1) is 11.8 Å². The molecule has 0 bridgehead atoms. The fourth-order valence-electron chi connectivity index (χ4n) is 8.48. The molecule has 0 saturated heterocycles. The number of rotatable bonds is 8. The molecule has 11 aromatic rings. The van der Waals surface area contributed by atoms with Crippen LogP contribution < -0.4 is 0 Å². The van der Waals surface area contributed by atoms with Crippen LogP contribution in [0.25, 0.3) is 103 Å². The monoisotopic (exact) mass is 850 g/mol. The van der Waals surface area contributed by atoms with Crippen molar-refractivity contribution in [1.82, 2.24) is 27.8 Å². The highest BCUT2D eigenvalue weighted by Crippen LogP contribution is 2.53. The molecule has 0 radical (unpaired) electrons. The van der Waals surface area contributed by atoms with Crippen LogP contribution in [-0.2, 0) is 39.8 Å². The fraction of sp³-hybridized carbons (Fsp3) is 0.333. The normalized spacial score (nSPS) is 13.0. The first-order chi connectivity index (χ1) is 26.6. The Morgan fingerprint density at radius 2 is 0.964 bits per heavy atom. The van der Waals surface area contributed by atoms with Gasteiger partial charge in [-0.15, -0.1) is 68.0 Å². The Kier molecular flexibility index (Phi) is 8.00. The zero-order valence-electron chi connectivity index (χ0n) is 31.8. The van der Waals surface area contributed by atoms with E-state index in [1.54, 1.807) is 0 Å². The Morgan fingerprint density at radius 3 is 1.36 bits per heavy atom. The lowest BCUT2D eigenvalue weighted by Gasteiger charge is -2.13. The van der Waals surface area contributed by atoms with Crippen LogP contribution in [0.4, 0.5) is 0 Å². The maximum atomic E-state index is 5.49. The van der Waals surface area contributed by atoms with E-state index in [0.29, 0.717) is 11.8 Å². The first kappa shape index (κ1) is 34.9. The molecule has 0 amide bonds. The molecule has 278 valence electrons. The average molecular weight is 851 g/mol. The molecule has 10 aromatic heterocycles. The molecule has 0 aliphatic carbocycles. The number of aromatic nitrogens is 6. The molecule has 0 aliphatic heterocycles. The van der Waals surface area contributed by atoms with Crippen molar-refractivity contribution < 1.29 is 0 Å². The van der Waals surface area contributed by atoms with Crippen LogP contribution in [0.5, 0.6) is 0 Å². The third kappa shape index (κ3) is 5.02. The van der Waals surface area contributed by atoms with Crippen LogP contribution in [0.1, 0.15) is 62.7 Å². The Hall–Kier alpha value is -3.30. The smallest absolute Gasteiger partial charge is 0.116 e. The van der Waals surface area contributed by atoms with Crippen LogP contribution in [0.2, 0.25) is 0 Å². The molecule has 0 spiro atoms. The number of hydrogen-bond donors (Lipinski definition) is 0. The van der Waals surface area contributed by atoms with E-state index in [2.05, 4.69) is 89.0 Å². The second kappa shape index (κ2) is 12.6. The molecular weight excluding hydrogens is 813 g/mol. The summed E-state index contributed by atoms with van der Waals surface area (Å²) in [7, 11) is 4.48. The minimum Gasteiger partial charge on any atom is -0.341 e. The highest BCUT2D eigenvalue weighted by Gasteiger charge is 2.28. The molecule has 10 heterocycles. The second-order valence-corrected chi connectivity index (χ2v) is 22.6. The van der Waals surface area contributed by atoms with Crippen molar-refractivity contribution in [1.29, 1.82) is 0 Å². The van der Waals surface area contributed by atoms with E-state index in [4.69, 9.17) is 18.7 Å². The number of hydrogen-bond acceptors (Lipinski definition) is 11. The molecule has 0 saturated carbocycles. The Morgan fingerprint density at radius 1 is 0.527 bits per heavy atom. The van der Waals surface area contributed by atoms with E-state index in [0.717, 1.165) is 70.3 Å². The van der Waals surface area contributed by atoms with E-state index in [1.807, 2.05) is 68.0 Å². The third-order valence-corrected chi connectivity index (χ3v) is 18.9. The zero-order chi connectivity index (χ0) is 37.6. The minimum atomic E-state index is 0.651. The predicted octanol–water partition coefficient (Wildman–Crippen LogP) is 14.5. The molecular formula is C42H38N6S7. The van der Waals surface area contributed by atoms with Crippen LogP contribution in [0.3, 0.4) is 0 Å².